The smallest absolute Gasteiger partial charge is 0.220 e. The van der Waals surface area contributed by atoms with Crippen LogP contribution >= 0.6 is 11.8 Å². The number of fused-ring (bicyclic) bond motifs is 2. The van der Waals surface area contributed by atoms with Gasteiger partial charge in [-0.1, -0.05) is 11.8 Å². The Kier molecular flexibility index (Phi) is 3.80. The quantitative estimate of drug-likeness (QED) is 0.623. The molecule has 2 aromatic heterocycles. The van der Waals surface area contributed by atoms with E-state index >= 15 is 4.39 Å². The van der Waals surface area contributed by atoms with Crippen molar-refractivity contribution in [2.75, 3.05) is 12.9 Å². The fourth-order valence-corrected chi connectivity index (χ4v) is 4.92. The van der Waals surface area contributed by atoms with Crippen LogP contribution in [-0.2, 0) is 0 Å². The lowest BCUT2D eigenvalue weighted by Crippen LogP contribution is -2.19. The normalized spacial score (nSPS) is 15.9. The second-order valence-electron chi connectivity index (χ2n) is 6.83. The third-order valence-electron chi connectivity index (χ3n) is 5.12. The first kappa shape index (κ1) is 17.4. The number of pyridine rings is 2. The van der Waals surface area contributed by atoms with Gasteiger partial charge < -0.3 is 9.30 Å². The fraction of sp³-hybridized carbons (Fsp3) is 0.250. The van der Waals surface area contributed by atoms with Crippen LogP contribution in [0.3, 0.4) is 0 Å². The summed E-state index contributed by atoms with van der Waals surface area (Å²) in [6, 6.07) is 4.10. The summed E-state index contributed by atoms with van der Waals surface area (Å²) < 4.78 is 36.9. The number of rotatable bonds is 3. The molecule has 1 aliphatic heterocycles. The molecule has 5 nitrogen and oxygen atoms in total. The summed E-state index contributed by atoms with van der Waals surface area (Å²) in [5, 5.41) is 0.663. The second-order valence-corrected chi connectivity index (χ2v) is 7.79. The number of methoxy groups -OCH3 is 1. The second kappa shape index (κ2) is 6.13. The number of benzene rings is 1. The Morgan fingerprint density at radius 2 is 2.04 bits per heavy atom. The molecule has 0 atom stereocenters. The van der Waals surface area contributed by atoms with E-state index in [0.717, 1.165) is 18.9 Å². The van der Waals surface area contributed by atoms with Crippen molar-refractivity contribution < 1.29 is 18.3 Å². The third kappa shape index (κ3) is 2.33. The van der Waals surface area contributed by atoms with Crippen molar-refractivity contribution in [2.45, 2.75) is 23.9 Å². The van der Waals surface area contributed by atoms with Crippen molar-refractivity contribution >= 4 is 28.4 Å². The predicted molar refractivity (Wildman–Crippen MR) is 101 cm³/mol. The molecule has 1 aliphatic carbocycles. The first-order valence-electron chi connectivity index (χ1n) is 8.78. The van der Waals surface area contributed by atoms with Gasteiger partial charge in [-0.2, -0.15) is 4.39 Å². The number of aromatic nitrogens is 2. The van der Waals surface area contributed by atoms with Gasteiger partial charge in [0.1, 0.15) is 5.82 Å². The van der Waals surface area contributed by atoms with E-state index in [1.165, 1.54) is 37.2 Å². The van der Waals surface area contributed by atoms with Crippen molar-refractivity contribution in [1.29, 1.82) is 0 Å². The summed E-state index contributed by atoms with van der Waals surface area (Å²) in [6.45, 7) is 0. The largest absolute Gasteiger partial charge is 0.494 e. The van der Waals surface area contributed by atoms with Crippen LogP contribution in [0.5, 0.6) is 5.75 Å². The molecule has 0 amide bonds. The van der Waals surface area contributed by atoms with Crippen LogP contribution in [0.25, 0.3) is 22.0 Å². The minimum Gasteiger partial charge on any atom is -0.494 e. The highest BCUT2D eigenvalue weighted by Gasteiger charge is 2.37. The maximum Gasteiger partial charge on any atom is 0.220 e. The maximum atomic E-state index is 15.1. The lowest BCUT2D eigenvalue weighted by molar-refractivity contribution is 0.102. The van der Waals surface area contributed by atoms with E-state index in [1.807, 2.05) is 4.57 Å². The lowest BCUT2D eigenvalue weighted by atomic mass is 10.00. The number of Topliss-reactive ketones (excluding diaryl/α,β-unsaturated/α-hetero) is 1. The molecule has 0 unspecified atom stereocenters. The first-order chi connectivity index (χ1) is 13.5. The van der Waals surface area contributed by atoms with Gasteiger partial charge in [-0.25, -0.2) is 9.37 Å². The van der Waals surface area contributed by atoms with Crippen LogP contribution in [0, 0.1) is 11.8 Å². The van der Waals surface area contributed by atoms with Gasteiger partial charge in [0.25, 0.3) is 0 Å². The zero-order valence-corrected chi connectivity index (χ0v) is 15.6. The molecule has 0 N–H and O–H groups in total. The number of hydrogen-bond donors (Lipinski definition) is 0. The summed E-state index contributed by atoms with van der Waals surface area (Å²) in [6.07, 6.45) is 3.05. The first-order valence-corrected chi connectivity index (χ1v) is 9.77. The van der Waals surface area contributed by atoms with Gasteiger partial charge >= 0.3 is 0 Å². The molecule has 0 saturated heterocycles. The maximum absolute atomic E-state index is 15.1. The highest BCUT2D eigenvalue weighted by Crippen LogP contribution is 2.47. The monoisotopic (exact) mass is 400 g/mol. The van der Waals surface area contributed by atoms with Crippen molar-refractivity contribution in [3.05, 3.63) is 51.9 Å². The summed E-state index contributed by atoms with van der Waals surface area (Å²) in [4.78, 5) is 28.9. The molecule has 1 fully saturated rings. The Balaban J connectivity index is 1.98. The van der Waals surface area contributed by atoms with Gasteiger partial charge in [0, 0.05) is 17.8 Å². The van der Waals surface area contributed by atoms with Gasteiger partial charge in [-0.15, -0.1) is 0 Å². The van der Waals surface area contributed by atoms with Crippen LogP contribution in [-0.4, -0.2) is 28.2 Å². The average molecular weight is 400 g/mol. The third-order valence-corrected chi connectivity index (χ3v) is 6.20. The molecular formula is C20H14F2N2O3S. The van der Waals surface area contributed by atoms with Crippen molar-refractivity contribution in [3.63, 3.8) is 0 Å². The van der Waals surface area contributed by atoms with Crippen molar-refractivity contribution in [2.24, 2.45) is 0 Å². The molecule has 5 rings (SSSR count). The number of ketones is 1. The van der Waals surface area contributed by atoms with Crippen molar-refractivity contribution in [1.82, 2.24) is 9.55 Å². The Morgan fingerprint density at radius 3 is 2.71 bits per heavy atom. The molecule has 0 bridgehead atoms. The summed E-state index contributed by atoms with van der Waals surface area (Å²) in [5.41, 5.74) is -0.115. The van der Waals surface area contributed by atoms with Gasteiger partial charge in [-0.3, -0.25) is 9.59 Å². The average Bonchev–Trinajstić information content (AvgIpc) is 3.44. The van der Waals surface area contributed by atoms with E-state index in [2.05, 4.69) is 4.98 Å². The molecule has 142 valence electrons. The fourth-order valence-electron chi connectivity index (χ4n) is 3.78. The van der Waals surface area contributed by atoms with Crippen LogP contribution < -0.4 is 10.2 Å². The zero-order chi connectivity index (χ0) is 19.6. The summed E-state index contributed by atoms with van der Waals surface area (Å²) in [7, 11) is 1.36. The number of carbonyl (C=O) groups is 1. The van der Waals surface area contributed by atoms with Crippen molar-refractivity contribution in [3.8, 4) is 16.9 Å². The number of carbonyl (C=O) groups excluding carboxylic acids is 1. The minimum absolute atomic E-state index is 0.0437. The molecule has 0 spiro atoms. The SMILES string of the molecule is COc1c(-c2cccnc2F)c(F)cc2c(=O)c3c(n(C4CC4)c12)SCC3=O. The van der Waals surface area contributed by atoms with Gasteiger partial charge in [-0.05, 0) is 31.0 Å². The number of hydrogen-bond acceptors (Lipinski definition) is 5. The molecule has 28 heavy (non-hydrogen) atoms. The van der Waals surface area contributed by atoms with Crippen LogP contribution in [0.15, 0.2) is 34.2 Å². The lowest BCUT2D eigenvalue weighted by Gasteiger charge is -2.20. The Hall–Kier alpha value is -2.74. The molecule has 3 heterocycles. The van der Waals surface area contributed by atoms with Crippen LogP contribution in [0.2, 0.25) is 0 Å². The molecule has 0 radical (unpaired) electrons. The van der Waals surface area contributed by atoms with E-state index in [9.17, 15) is 14.0 Å². The topological polar surface area (TPSA) is 61.2 Å². The highest BCUT2D eigenvalue weighted by molar-refractivity contribution is 8.00. The molecule has 2 aliphatic rings. The molecule has 8 heteroatoms. The summed E-state index contributed by atoms with van der Waals surface area (Å²) in [5.74, 6) is -1.61. The number of nitrogens with zero attached hydrogens (tertiary/aromatic N) is 2. The predicted octanol–water partition coefficient (Wildman–Crippen LogP) is 3.97. The van der Waals surface area contributed by atoms with Gasteiger partial charge in [0.15, 0.2) is 11.5 Å². The van der Waals surface area contributed by atoms with Gasteiger partial charge in [0.05, 0.1) is 39.9 Å². The Bertz CT molecular complexity index is 1230. The van der Waals surface area contributed by atoms with Crippen LogP contribution in [0.4, 0.5) is 8.78 Å². The van der Waals surface area contributed by atoms with E-state index in [0.29, 0.717) is 10.5 Å². The summed E-state index contributed by atoms with van der Waals surface area (Å²) >= 11 is 1.31. The number of halogens is 2. The van der Waals surface area contributed by atoms with E-state index in [1.54, 1.807) is 0 Å². The number of thioether (sulfide) groups is 1. The highest BCUT2D eigenvalue weighted by atomic mass is 32.2. The zero-order valence-electron chi connectivity index (χ0n) is 14.8. The molecule has 1 aromatic carbocycles. The minimum atomic E-state index is -0.829. The molecule has 3 aromatic rings. The number of ether oxygens (including phenoxy) is 1. The Labute approximate surface area is 162 Å². The van der Waals surface area contributed by atoms with E-state index < -0.39 is 17.2 Å². The van der Waals surface area contributed by atoms with E-state index in [4.69, 9.17) is 4.74 Å². The Morgan fingerprint density at radius 1 is 1.25 bits per heavy atom. The molecular weight excluding hydrogens is 386 g/mol. The van der Waals surface area contributed by atoms with Crippen LogP contribution in [0.1, 0.15) is 29.2 Å². The van der Waals surface area contributed by atoms with E-state index in [-0.39, 0.29) is 45.4 Å². The molecule has 1 saturated carbocycles. The van der Waals surface area contributed by atoms with Gasteiger partial charge in [0.2, 0.25) is 11.4 Å². The standard InChI is InChI=1S/C20H14F2N2O3S/c1-27-18-14(10-3-2-6-23-19(10)22)12(21)7-11-16(18)24(9-4-5-9)20-15(17(11)26)13(25)8-28-20/h2-3,6-7,9H,4-5,8H2,1H3.